The molecule has 0 aliphatic carbocycles. The molecule has 0 saturated heterocycles. The number of thiophene rings is 1. The standard InChI is InChI=1S/C25H21NO5S/c27-22(13-12-21-7-4-16-32-21)19-8-10-20(11-9-19)26-24(29)14-15-25(30)31-17-23(28)18-5-2-1-3-6-18/h1-13,16H,14-15,17H2,(H,26,29). The number of allylic oxidation sites excluding steroid dienone is 1. The fourth-order valence-electron chi connectivity index (χ4n) is 2.72. The van der Waals surface area contributed by atoms with Gasteiger partial charge in [0.25, 0.3) is 0 Å². The molecule has 3 rings (SSSR count). The van der Waals surface area contributed by atoms with Gasteiger partial charge < -0.3 is 10.1 Å². The maximum absolute atomic E-state index is 12.2. The molecule has 1 N–H and O–H groups in total. The highest BCUT2D eigenvalue weighted by atomic mass is 32.1. The van der Waals surface area contributed by atoms with E-state index in [-0.39, 0.29) is 36.9 Å². The monoisotopic (exact) mass is 447 g/mol. The first-order valence-electron chi connectivity index (χ1n) is 9.91. The lowest BCUT2D eigenvalue weighted by Gasteiger charge is -2.07. The van der Waals surface area contributed by atoms with Crippen LogP contribution in [0.25, 0.3) is 6.08 Å². The number of ketones is 2. The molecule has 0 radical (unpaired) electrons. The second kappa shape index (κ2) is 11.5. The van der Waals surface area contributed by atoms with E-state index in [1.165, 1.54) is 6.08 Å². The van der Waals surface area contributed by atoms with Crippen LogP contribution in [0.2, 0.25) is 0 Å². The van der Waals surface area contributed by atoms with Crippen LogP contribution in [0.3, 0.4) is 0 Å². The number of carbonyl (C=O) groups is 4. The van der Waals surface area contributed by atoms with Gasteiger partial charge in [0.1, 0.15) is 0 Å². The minimum atomic E-state index is -0.622. The van der Waals surface area contributed by atoms with Gasteiger partial charge in [-0.05, 0) is 47.9 Å². The molecule has 162 valence electrons. The molecule has 0 bridgehead atoms. The number of anilines is 1. The van der Waals surface area contributed by atoms with Gasteiger partial charge in [0.05, 0.1) is 6.42 Å². The Labute approximate surface area is 189 Å². The van der Waals surface area contributed by atoms with E-state index in [1.54, 1.807) is 72.0 Å². The second-order valence-corrected chi connectivity index (χ2v) is 7.77. The number of rotatable bonds is 10. The first-order chi connectivity index (χ1) is 15.5. The lowest BCUT2D eigenvalue weighted by molar-refractivity contribution is -0.143. The highest BCUT2D eigenvalue weighted by Gasteiger charge is 2.12. The average molecular weight is 448 g/mol. The molecule has 32 heavy (non-hydrogen) atoms. The number of ether oxygens (including phenoxy) is 1. The number of esters is 1. The van der Waals surface area contributed by atoms with Crippen molar-refractivity contribution in [1.29, 1.82) is 0 Å². The van der Waals surface area contributed by atoms with Crippen LogP contribution in [0.4, 0.5) is 5.69 Å². The zero-order valence-electron chi connectivity index (χ0n) is 17.2. The molecule has 0 unspecified atom stereocenters. The maximum atomic E-state index is 12.2. The van der Waals surface area contributed by atoms with E-state index in [0.29, 0.717) is 16.8 Å². The third-order valence-corrected chi connectivity index (χ3v) is 5.25. The molecule has 3 aromatic rings. The van der Waals surface area contributed by atoms with E-state index < -0.39 is 5.97 Å². The van der Waals surface area contributed by atoms with E-state index in [0.717, 1.165) is 4.88 Å². The topological polar surface area (TPSA) is 89.5 Å². The highest BCUT2D eigenvalue weighted by Crippen LogP contribution is 2.14. The summed E-state index contributed by atoms with van der Waals surface area (Å²) in [6.45, 7) is -0.360. The normalized spacial score (nSPS) is 10.6. The van der Waals surface area contributed by atoms with E-state index in [1.807, 2.05) is 17.5 Å². The van der Waals surface area contributed by atoms with Gasteiger partial charge in [-0.1, -0.05) is 36.4 Å². The van der Waals surface area contributed by atoms with Gasteiger partial charge in [0.15, 0.2) is 18.2 Å². The molecule has 2 aromatic carbocycles. The minimum absolute atomic E-state index is 0.0808. The number of benzene rings is 2. The predicted molar refractivity (Wildman–Crippen MR) is 124 cm³/mol. The molecule has 0 saturated carbocycles. The van der Waals surface area contributed by atoms with Crippen molar-refractivity contribution in [3.63, 3.8) is 0 Å². The minimum Gasteiger partial charge on any atom is -0.457 e. The summed E-state index contributed by atoms with van der Waals surface area (Å²) in [5, 5.41) is 4.60. The van der Waals surface area contributed by atoms with Gasteiger partial charge in [-0.15, -0.1) is 11.3 Å². The Hall–Kier alpha value is -3.84. The van der Waals surface area contributed by atoms with Crippen molar-refractivity contribution in [2.75, 3.05) is 11.9 Å². The van der Waals surface area contributed by atoms with E-state index in [9.17, 15) is 19.2 Å². The van der Waals surface area contributed by atoms with Crippen LogP contribution in [0.1, 0.15) is 38.4 Å². The summed E-state index contributed by atoms with van der Waals surface area (Å²) in [6.07, 6.45) is 3.04. The van der Waals surface area contributed by atoms with E-state index >= 15 is 0 Å². The van der Waals surface area contributed by atoms with Gasteiger partial charge >= 0.3 is 5.97 Å². The number of amides is 1. The van der Waals surface area contributed by atoms with Crippen LogP contribution in [0.5, 0.6) is 0 Å². The van der Waals surface area contributed by atoms with Crippen molar-refractivity contribution in [1.82, 2.24) is 0 Å². The van der Waals surface area contributed by atoms with Crippen LogP contribution < -0.4 is 5.32 Å². The summed E-state index contributed by atoms with van der Waals surface area (Å²) < 4.78 is 4.94. The Morgan fingerprint density at radius 1 is 0.844 bits per heavy atom. The molecule has 0 aliphatic rings. The highest BCUT2D eigenvalue weighted by molar-refractivity contribution is 7.10. The molecule has 1 amide bonds. The first-order valence-corrected chi connectivity index (χ1v) is 10.8. The van der Waals surface area contributed by atoms with Crippen LogP contribution in [-0.4, -0.2) is 30.0 Å². The summed E-state index contributed by atoms with van der Waals surface area (Å²) in [5.41, 5.74) is 1.48. The summed E-state index contributed by atoms with van der Waals surface area (Å²) in [7, 11) is 0. The Morgan fingerprint density at radius 2 is 1.59 bits per heavy atom. The van der Waals surface area contributed by atoms with Gasteiger partial charge in [-0.25, -0.2) is 0 Å². The Kier molecular flexibility index (Phi) is 8.22. The quantitative estimate of drug-likeness (QED) is 0.274. The zero-order valence-corrected chi connectivity index (χ0v) is 18.0. The molecule has 0 fully saturated rings. The number of Topliss-reactive ketones (excluding diaryl/α,β-unsaturated/α-hetero) is 1. The summed E-state index contributed by atoms with van der Waals surface area (Å²) >= 11 is 1.54. The number of carbonyl (C=O) groups excluding carboxylic acids is 4. The Morgan fingerprint density at radius 3 is 2.28 bits per heavy atom. The lowest BCUT2D eigenvalue weighted by Crippen LogP contribution is -2.17. The molecule has 7 heteroatoms. The third-order valence-electron chi connectivity index (χ3n) is 4.41. The Balaban J connectivity index is 1.40. The average Bonchev–Trinajstić information content (AvgIpc) is 3.34. The molecule has 6 nitrogen and oxygen atoms in total. The second-order valence-electron chi connectivity index (χ2n) is 6.79. The fourth-order valence-corrected chi connectivity index (χ4v) is 3.34. The van der Waals surface area contributed by atoms with Crippen molar-refractivity contribution in [2.45, 2.75) is 12.8 Å². The predicted octanol–water partition coefficient (Wildman–Crippen LogP) is 4.79. The summed E-state index contributed by atoms with van der Waals surface area (Å²) in [4.78, 5) is 49.0. The van der Waals surface area contributed by atoms with Crippen LogP contribution in [-0.2, 0) is 14.3 Å². The van der Waals surface area contributed by atoms with Crippen molar-refractivity contribution in [2.24, 2.45) is 0 Å². The van der Waals surface area contributed by atoms with Gasteiger partial charge in [-0.3, -0.25) is 19.2 Å². The van der Waals surface area contributed by atoms with Crippen LogP contribution in [0, 0.1) is 0 Å². The fraction of sp³-hybridized carbons (Fsp3) is 0.120. The smallest absolute Gasteiger partial charge is 0.306 e. The van der Waals surface area contributed by atoms with Crippen LogP contribution in [0.15, 0.2) is 78.2 Å². The van der Waals surface area contributed by atoms with Crippen molar-refractivity contribution < 1.29 is 23.9 Å². The summed E-state index contributed by atoms with van der Waals surface area (Å²) in [5.74, 6) is -1.43. The molecule has 1 heterocycles. The number of hydrogen-bond acceptors (Lipinski definition) is 6. The van der Waals surface area contributed by atoms with Crippen molar-refractivity contribution in [3.8, 4) is 0 Å². The van der Waals surface area contributed by atoms with E-state index in [2.05, 4.69) is 5.32 Å². The molecular formula is C25H21NO5S. The van der Waals surface area contributed by atoms with Gasteiger partial charge in [0, 0.05) is 28.1 Å². The SMILES string of the molecule is O=C(CCC(=O)OCC(=O)c1ccccc1)Nc1ccc(C(=O)C=Cc2cccs2)cc1. The van der Waals surface area contributed by atoms with Gasteiger partial charge in [0.2, 0.25) is 5.91 Å². The molecule has 0 spiro atoms. The molecule has 0 aliphatic heterocycles. The molecular weight excluding hydrogens is 426 g/mol. The zero-order chi connectivity index (χ0) is 22.8. The largest absolute Gasteiger partial charge is 0.457 e. The van der Waals surface area contributed by atoms with Crippen LogP contribution >= 0.6 is 11.3 Å². The maximum Gasteiger partial charge on any atom is 0.306 e. The third kappa shape index (κ3) is 7.14. The number of hydrogen-bond donors (Lipinski definition) is 1. The molecule has 0 atom stereocenters. The molecule has 1 aromatic heterocycles. The Bertz CT molecular complexity index is 1100. The first kappa shape index (κ1) is 22.8. The van der Waals surface area contributed by atoms with Gasteiger partial charge in [-0.2, -0.15) is 0 Å². The van der Waals surface area contributed by atoms with Crippen molar-refractivity contribution in [3.05, 3.63) is 94.2 Å². The lowest BCUT2D eigenvalue weighted by atomic mass is 10.1. The van der Waals surface area contributed by atoms with E-state index in [4.69, 9.17) is 4.74 Å². The van der Waals surface area contributed by atoms with Crippen molar-refractivity contribution >= 4 is 46.5 Å². The summed E-state index contributed by atoms with van der Waals surface area (Å²) in [6, 6.07) is 18.9. The number of nitrogens with one attached hydrogen (secondary N) is 1.